The maximum absolute atomic E-state index is 13.2. The molecule has 0 aromatic heterocycles. The molecule has 4 nitrogen and oxygen atoms in total. The zero-order valence-corrected chi connectivity index (χ0v) is 18.0. The standard InChI is InChI=1S/C15H30Cl3O4P/c1-7-13(10(4)16)20-23(19,21-14(8-2)11(5)17)22-15(9-3)12(6)18/h10-15H,7-9H2,1-6H3. The lowest BCUT2D eigenvalue weighted by atomic mass is 10.2. The number of hydrogen-bond donors (Lipinski definition) is 0. The zero-order chi connectivity index (χ0) is 18.2. The Hall–Kier alpha value is 0.980. The van der Waals surface area contributed by atoms with Gasteiger partial charge >= 0.3 is 7.82 Å². The van der Waals surface area contributed by atoms with Crippen molar-refractivity contribution in [1.29, 1.82) is 0 Å². The Morgan fingerprint density at radius 1 is 0.696 bits per heavy atom. The lowest BCUT2D eigenvalue weighted by molar-refractivity contribution is 0.0276. The highest BCUT2D eigenvalue weighted by molar-refractivity contribution is 7.48. The van der Waals surface area contributed by atoms with Crippen LogP contribution in [0.25, 0.3) is 0 Å². The number of alkyl halides is 3. The Morgan fingerprint density at radius 2 is 0.913 bits per heavy atom. The fourth-order valence-electron chi connectivity index (χ4n) is 2.02. The van der Waals surface area contributed by atoms with Gasteiger partial charge in [-0.2, -0.15) is 0 Å². The first kappa shape index (κ1) is 24.0. The van der Waals surface area contributed by atoms with E-state index in [2.05, 4.69) is 0 Å². The molecule has 140 valence electrons. The average molecular weight is 412 g/mol. The molecule has 0 radical (unpaired) electrons. The molecule has 8 heteroatoms. The van der Waals surface area contributed by atoms with Crippen LogP contribution in [-0.2, 0) is 18.1 Å². The van der Waals surface area contributed by atoms with Crippen molar-refractivity contribution < 1.29 is 18.1 Å². The van der Waals surface area contributed by atoms with E-state index in [1.165, 1.54) is 0 Å². The molecule has 0 aromatic rings. The Bertz CT molecular complexity index is 314. The predicted molar refractivity (Wildman–Crippen MR) is 99.0 cm³/mol. The Kier molecular flexibility index (Phi) is 12.1. The zero-order valence-electron chi connectivity index (χ0n) is 14.8. The third kappa shape index (κ3) is 8.76. The van der Waals surface area contributed by atoms with Gasteiger partial charge in [-0.25, -0.2) is 4.57 Å². The summed E-state index contributed by atoms with van der Waals surface area (Å²) in [5.41, 5.74) is 0. The Balaban J connectivity index is 5.36. The first-order valence-corrected chi connectivity index (χ1v) is 10.9. The summed E-state index contributed by atoms with van der Waals surface area (Å²) in [6.45, 7) is 11.0. The molecule has 0 aromatic carbocycles. The van der Waals surface area contributed by atoms with E-state index in [1.54, 1.807) is 20.8 Å². The average Bonchev–Trinajstić information content (AvgIpc) is 2.47. The molecule has 0 spiro atoms. The predicted octanol–water partition coefficient (Wildman–Crippen LogP) is 6.36. The van der Waals surface area contributed by atoms with Gasteiger partial charge in [-0.15, -0.1) is 34.8 Å². The molecule has 0 bridgehead atoms. The van der Waals surface area contributed by atoms with Gasteiger partial charge in [-0.05, 0) is 40.0 Å². The first-order chi connectivity index (χ1) is 10.6. The fourth-order valence-corrected chi connectivity index (χ4v) is 5.06. The van der Waals surface area contributed by atoms with E-state index in [9.17, 15) is 4.57 Å². The molecule has 23 heavy (non-hydrogen) atoms. The van der Waals surface area contributed by atoms with Gasteiger partial charge in [0.1, 0.15) is 0 Å². The monoisotopic (exact) mass is 410 g/mol. The van der Waals surface area contributed by atoms with Crippen molar-refractivity contribution in [3.63, 3.8) is 0 Å². The number of phosphoric acid groups is 1. The topological polar surface area (TPSA) is 44.8 Å². The van der Waals surface area contributed by atoms with Crippen molar-refractivity contribution in [2.24, 2.45) is 0 Å². The molecular formula is C15H30Cl3O4P. The van der Waals surface area contributed by atoms with Crippen molar-refractivity contribution in [2.75, 3.05) is 0 Å². The van der Waals surface area contributed by atoms with Crippen LogP contribution in [0.1, 0.15) is 60.8 Å². The van der Waals surface area contributed by atoms with Gasteiger partial charge in [-0.1, -0.05) is 20.8 Å². The van der Waals surface area contributed by atoms with Crippen LogP contribution < -0.4 is 0 Å². The molecule has 0 fully saturated rings. The molecule has 6 unspecified atom stereocenters. The lowest BCUT2D eigenvalue weighted by Crippen LogP contribution is -2.29. The second-order valence-electron chi connectivity index (χ2n) is 5.64. The van der Waals surface area contributed by atoms with E-state index >= 15 is 0 Å². The molecule has 0 aliphatic rings. The summed E-state index contributed by atoms with van der Waals surface area (Å²) < 4.78 is 30.2. The minimum absolute atomic E-state index is 0.331. The van der Waals surface area contributed by atoms with Crippen LogP contribution in [0.5, 0.6) is 0 Å². The third-order valence-electron chi connectivity index (χ3n) is 3.54. The number of phosphoric ester groups is 1. The van der Waals surface area contributed by atoms with Gasteiger partial charge in [0.25, 0.3) is 0 Å². The molecule has 0 aliphatic carbocycles. The molecule has 0 saturated heterocycles. The summed E-state index contributed by atoms with van der Waals surface area (Å²) in [5.74, 6) is 0. The van der Waals surface area contributed by atoms with E-state index in [-0.39, 0.29) is 16.1 Å². The van der Waals surface area contributed by atoms with E-state index in [4.69, 9.17) is 48.4 Å². The fraction of sp³-hybridized carbons (Fsp3) is 1.00. The van der Waals surface area contributed by atoms with Crippen LogP contribution in [0.2, 0.25) is 0 Å². The smallest absolute Gasteiger partial charge is 0.282 e. The number of hydrogen-bond acceptors (Lipinski definition) is 4. The van der Waals surface area contributed by atoms with Crippen molar-refractivity contribution in [2.45, 2.75) is 95.2 Å². The van der Waals surface area contributed by atoms with E-state index in [0.29, 0.717) is 19.3 Å². The maximum atomic E-state index is 13.2. The van der Waals surface area contributed by atoms with Gasteiger partial charge in [-0.3, -0.25) is 13.6 Å². The second-order valence-corrected chi connectivity index (χ2v) is 9.23. The molecule has 0 amide bonds. The van der Waals surface area contributed by atoms with Crippen LogP contribution in [0.3, 0.4) is 0 Å². The van der Waals surface area contributed by atoms with Gasteiger partial charge < -0.3 is 0 Å². The van der Waals surface area contributed by atoms with Gasteiger partial charge in [0, 0.05) is 0 Å². The highest BCUT2D eigenvalue weighted by atomic mass is 35.5. The van der Waals surface area contributed by atoms with Crippen LogP contribution in [0.4, 0.5) is 0 Å². The summed E-state index contributed by atoms with van der Waals surface area (Å²) in [6.07, 6.45) is 0.405. The normalized spacial score (nSPS) is 22.7. The minimum Gasteiger partial charge on any atom is -0.282 e. The highest BCUT2D eigenvalue weighted by Crippen LogP contribution is 2.55. The van der Waals surface area contributed by atoms with Gasteiger partial charge in [0.2, 0.25) is 0 Å². The van der Waals surface area contributed by atoms with Crippen LogP contribution in [-0.4, -0.2) is 34.4 Å². The summed E-state index contributed by atoms with van der Waals surface area (Å²) in [4.78, 5) is 0. The molecule has 0 heterocycles. The van der Waals surface area contributed by atoms with E-state index in [0.717, 1.165) is 0 Å². The molecule has 0 saturated carbocycles. The molecule has 0 N–H and O–H groups in total. The summed E-state index contributed by atoms with van der Waals surface area (Å²) in [6, 6.07) is 0. The van der Waals surface area contributed by atoms with Gasteiger partial charge in [0.15, 0.2) is 0 Å². The summed E-state index contributed by atoms with van der Waals surface area (Å²) in [5, 5.41) is -0.993. The van der Waals surface area contributed by atoms with Crippen molar-refractivity contribution >= 4 is 42.6 Å². The van der Waals surface area contributed by atoms with E-state index in [1.807, 2.05) is 20.8 Å². The summed E-state index contributed by atoms with van der Waals surface area (Å²) in [7, 11) is -3.85. The lowest BCUT2D eigenvalue weighted by Gasteiger charge is -2.31. The van der Waals surface area contributed by atoms with Crippen molar-refractivity contribution in [1.82, 2.24) is 0 Å². The third-order valence-corrected chi connectivity index (χ3v) is 5.97. The Labute approximate surface area is 156 Å². The SMILES string of the molecule is CCC(OP(=O)(OC(CC)C(C)Cl)OC(CC)C(C)Cl)C(C)Cl. The minimum atomic E-state index is -3.85. The number of rotatable bonds is 12. The van der Waals surface area contributed by atoms with Gasteiger partial charge in [0.05, 0.1) is 34.4 Å². The molecule has 0 rings (SSSR count). The molecule has 6 atom stereocenters. The number of halogens is 3. The Morgan fingerprint density at radius 3 is 1.04 bits per heavy atom. The quantitative estimate of drug-likeness (QED) is 0.277. The van der Waals surface area contributed by atoms with Crippen molar-refractivity contribution in [3.8, 4) is 0 Å². The van der Waals surface area contributed by atoms with Crippen molar-refractivity contribution in [3.05, 3.63) is 0 Å². The van der Waals surface area contributed by atoms with E-state index < -0.39 is 26.1 Å². The second kappa shape index (κ2) is 11.6. The van der Waals surface area contributed by atoms with Crippen LogP contribution in [0, 0.1) is 0 Å². The summed E-state index contributed by atoms with van der Waals surface area (Å²) >= 11 is 18.3. The largest absolute Gasteiger partial charge is 0.475 e. The molecule has 0 aliphatic heterocycles. The maximum Gasteiger partial charge on any atom is 0.475 e. The highest BCUT2D eigenvalue weighted by Gasteiger charge is 2.38. The molecular weight excluding hydrogens is 381 g/mol. The van der Waals surface area contributed by atoms with Crippen LogP contribution >= 0.6 is 42.6 Å². The van der Waals surface area contributed by atoms with Crippen LogP contribution in [0.15, 0.2) is 0 Å². The first-order valence-electron chi connectivity index (χ1n) is 8.17.